The number of nitrogens with zero attached hydrogens (tertiary/aromatic N) is 1. The van der Waals surface area contributed by atoms with E-state index in [1.54, 1.807) is 0 Å². The summed E-state index contributed by atoms with van der Waals surface area (Å²) in [6, 6.07) is 0.439. The number of hydrogen-bond acceptors (Lipinski definition) is 3. The van der Waals surface area contributed by atoms with Crippen LogP contribution in [0.5, 0.6) is 0 Å². The molecule has 1 amide bonds. The predicted octanol–water partition coefficient (Wildman–Crippen LogP) is 1.02. The Kier molecular flexibility index (Phi) is 3.46. The molecule has 0 aromatic carbocycles. The molecule has 2 bridgehead atoms. The van der Waals surface area contributed by atoms with Crippen molar-refractivity contribution in [2.75, 3.05) is 0 Å². The van der Waals surface area contributed by atoms with Crippen LogP contribution in [0.1, 0.15) is 52.4 Å². The third-order valence-electron chi connectivity index (χ3n) is 4.63. The maximum atomic E-state index is 12.6. The van der Waals surface area contributed by atoms with Crippen LogP contribution in [0.4, 0.5) is 0 Å². The van der Waals surface area contributed by atoms with Gasteiger partial charge in [0.15, 0.2) is 0 Å². The minimum atomic E-state index is -0.705. The van der Waals surface area contributed by atoms with E-state index in [9.17, 15) is 9.90 Å². The minimum absolute atomic E-state index is 0.0990. The van der Waals surface area contributed by atoms with Crippen LogP contribution >= 0.6 is 0 Å². The highest BCUT2D eigenvalue weighted by molar-refractivity contribution is 5.87. The molecule has 2 aliphatic heterocycles. The quantitative estimate of drug-likeness (QED) is 0.774. The van der Waals surface area contributed by atoms with E-state index in [1.807, 2.05) is 18.7 Å². The van der Waals surface area contributed by atoms with Crippen molar-refractivity contribution < 1.29 is 9.90 Å². The molecule has 0 aromatic heterocycles. The molecule has 4 heteroatoms. The summed E-state index contributed by atoms with van der Waals surface area (Å²) in [6.45, 7) is 3.95. The summed E-state index contributed by atoms with van der Waals surface area (Å²) in [5, 5.41) is 9.74. The Morgan fingerprint density at radius 1 is 1.29 bits per heavy atom. The lowest BCUT2D eigenvalue weighted by Gasteiger charge is -2.41. The van der Waals surface area contributed by atoms with E-state index in [2.05, 4.69) is 0 Å². The fourth-order valence-corrected chi connectivity index (χ4v) is 3.29. The topological polar surface area (TPSA) is 66.6 Å². The number of nitrogens with two attached hydrogens (primary N) is 1. The van der Waals surface area contributed by atoms with Crippen molar-refractivity contribution >= 4 is 5.91 Å². The van der Waals surface area contributed by atoms with Gasteiger partial charge in [-0.3, -0.25) is 4.79 Å². The predicted molar refractivity (Wildman–Crippen MR) is 66.4 cm³/mol. The monoisotopic (exact) mass is 240 g/mol. The van der Waals surface area contributed by atoms with Gasteiger partial charge in [0, 0.05) is 12.1 Å². The zero-order chi connectivity index (χ0) is 12.6. The highest BCUT2D eigenvalue weighted by Crippen LogP contribution is 2.37. The Morgan fingerprint density at radius 2 is 1.76 bits per heavy atom. The zero-order valence-electron chi connectivity index (χ0n) is 10.9. The molecule has 2 saturated heterocycles. The van der Waals surface area contributed by atoms with Gasteiger partial charge in [0.05, 0.1) is 11.6 Å². The number of aliphatic hydroxyl groups is 1. The number of carbonyl (C=O) groups is 1. The van der Waals surface area contributed by atoms with Crippen LogP contribution < -0.4 is 5.73 Å². The second-order valence-electron chi connectivity index (χ2n) is 5.59. The Hall–Kier alpha value is -0.610. The molecule has 2 unspecified atom stereocenters. The van der Waals surface area contributed by atoms with Gasteiger partial charge in [0.2, 0.25) is 5.91 Å². The molecule has 0 spiro atoms. The molecular weight excluding hydrogens is 216 g/mol. The molecular formula is C13H24N2O2. The van der Waals surface area contributed by atoms with Crippen molar-refractivity contribution in [3.8, 4) is 0 Å². The molecule has 2 heterocycles. The Balaban J connectivity index is 2.16. The fourth-order valence-electron chi connectivity index (χ4n) is 3.29. The smallest absolute Gasteiger partial charge is 0.243 e. The second-order valence-corrected chi connectivity index (χ2v) is 5.59. The molecule has 3 N–H and O–H groups in total. The van der Waals surface area contributed by atoms with Crippen LogP contribution in [0.2, 0.25) is 0 Å². The van der Waals surface area contributed by atoms with E-state index in [1.165, 1.54) is 0 Å². The van der Waals surface area contributed by atoms with Gasteiger partial charge in [0.1, 0.15) is 0 Å². The summed E-state index contributed by atoms with van der Waals surface area (Å²) < 4.78 is 0. The molecule has 98 valence electrons. The molecule has 2 aliphatic rings. The highest BCUT2D eigenvalue weighted by atomic mass is 16.3. The van der Waals surface area contributed by atoms with Crippen LogP contribution in [-0.2, 0) is 4.79 Å². The first-order valence-corrected chi connectivity index (χ1v) is 6.81. The summed E-state index contributed by atoms with van der Waals surface area (Å²) in [7, 11) is 0. The largest absolute Gasteiger partial charge is 0.393 e. The summed E-state index contributed by atoms with van der Waals surface area (Å²) in [5.74, 6) is 0.0990. The molecule has 0 saturated carbocycles. The Morgan fingerprint density at radius 3 is 2.18 bits per heavy atom. The molecule has 2 atom stereocenters. The van der Waals surface area contributed by atoms with Crippen molar-refractivity contribution in [3.63, 3.8) is 0 Å². The first kappa shape index (κ1) is 12.8. The molecule has 0 radical (unpaired) electrons. The lowest BCUT2D eigenvalue weighted by Crippen LogP contribution is -2.59. The molecule has 2 rings (SSSR count). The maximum absolute atomic E-state index is 12.6. The number of hydrogen-bond donors (Lipinski definition) is 2. The summed E-state index contributed by atoms with van der Waals surface area (Å²) in [6.07, 6.45) is 4.64. The minimum Gasteiger partial charge on any atom is -0.393 e. The Labute approximate surface area is 103 Å². The third kappa shape index (κ3) is 2.08. The zero-order valence-corrected chi connectivity index (χ0v) is 10.9. The molecule has 0 aromatic rings. The summed E-state index contributed by atoms with van der Waals surface area (Å²) in [5.41, 5.74) is 5.50. The van der Waals surface area contributed by atoms with E-state index >= 15 is 0 Å². The lowest BCUT2D eigenvalue weighted by atomic mass is 9.89. The van der Waals surface area contributed by atoms with Crippen molar-refractivity contribution in [1.29, 1.82) is 0 Å². The van der Waals surface area contributed by atoms with E-state index in [0.29, 0.717) is 12.8 Å². The van der Waals surface area contributed by atoms with Gasteiger partial charge < -0.3 is 15.7 Å². The average Bonchev–Trinajstić information content (AvgIpc) is 2.59. The number of amides is 1. The fraction of sp³-hybridized carbons (Fsp3) is 0.923. The van der Waals surface area contributed by atoms with Crippen molar-refractivity contribution in [2.45, 2.75) is 76.1 Å². The summed E-state index contributed by atoms with van der Waals surface area (Å²) >= 11 is 0. The SMILES string of the molecule is CCC(N)(CC)C(=O)N1C2CCC1CC(O)C2. The lowest BCUT2D eigenvalue weighted by molar-refractivity contribution is -0.143. The maximum Gasteiger partial charge on any atom is 0.243 e. The summed E-state index contributed by atoms with van der Waals surface area (Å²) in [4.78, 5) is 14.6. The number of piperidine rings is 1. The first-order chi connectivity index (χ1) is 8.01. The van der Waals surface area contributed by atoms with Crippen LogP contribution in [0.15, 0.2) is 0 Å². The average molecular weight is 240 g/mol. The van der Waals surface area contributed by atoms with E-state index in [4.69, 9.17) is 5.73 Å². The van der Waals surface area contributed by atoms with Gasteiger partial charge in [-0.05, 0) is 38.5 Å². The van der Waals surface area contributed by atoms with Crippen LogP contribution in [0.3, 0.4) is 0 Å². The van der Waals surface area contributed by atoms with Gasteiger partial charge in [-0.1, -0.05) is 13.8 Å². The van der Waals surface area contributed by atoms with Crippen LogP contribution in [-0.4, -0.2) is 39.6 Å². The first-order valence-electron chi connectivity index (χ1n) is 6.81. The molecule has 17 heavy (non-hydrogen) atoms. The molecule has 2 fully saturated rings. The second kappa shape index (κ2) is 4.58. The molecule has 0 aliphatic carbocycles. The van der Waals surface area contributed by atoms with Crippen molar-refractivity contribution in [3.05, 3.63) is 0 Å². The molecule has 4 nitrogen and oxygen atoms in total. The Bertz CT molecular complexity index is 288. The number of carbonyl (C=O) groups excluding carboxylic acids is 1. The van der Waals surface area contributed by atoms with Crippen LogP contribution in [0.25, 0.3) is 0 Å². The van der Waals surface area contributed by atoms with Gasteiger partial charge >= 0.3 is 0 Å². The van der Waals surface area contributed by atoms with Crippen LogP contribution in [0, 0.1) is 0 Å². The van der Waals surface area contributed by atoms with Crippen molar-refractivity contribution in [1.82, 2.24) is 4.90 Å². The van der Waals surface area contributed by atoms with E-state index in [0.717, 1.165) is 25.7 Å². The van der Waals surface area contributed by atoms with Gasteiger partial charge in [0.25, 0.3) is 0 Å². The number of fused-ring (bicyclic) bond motifs is 2. The standard InChI is InChI=1S/C13H24N2O2/c1-3-13(14,4-2)12(17)15-9-5-6-10(15)8-11(16)7-9/h9-11,16H,3-8,14H2,1-2H3. The number of rotatable bonds is 3. The van der Waals surface area contributed by atoms with Gasteiger partial charge in [-0.25, -0.2) is 0 Å². The normalized spacial score (nSPS) is 32.9. The van der Waals surface area contributed by atoms with E-state index in [-0.39, 0.29) is 24.1 Å². The van der Waals surface area contributed by atoms with Gasteiger partial charge in [-0.2, -0.15) is 0 Å². The van der Waals surface area contributed by atoms with Crippen molar-refractivity contribution in [2.24, 2.45) is 5.73 Å². The van der Waals surface area contributed by atoms with E-state index < -0.39 is 5.54 Å². The van der Waals surface area contributed by atoms with Gasteiger partial charge in [-0.15, -0.1) is 0 Å². The number of aliphatic hydroxyl groups excluding tert-OH is 1. The third-order valence-corrected chi connectivity index (χ3v) is 4.63. The highest BCUT2D eigenvalue weighted by Gasteiger charge is 2.47.